The molecule has 4 nitrogen and oxygen atoms in total. The van der Waals surface area contributed by atoms with Crippen LogP contribution in [-0.4, -0.2) is 29.5 Å². The standard InChI is InChI=1S/C13H19ClO4/c1-13(2,16)4-5-18-12-10(14)6-9(8-15)7-11(12)17-3/h6-7,15-16H,4-5,8H2,1-3H3. The van der Waals surface area contributed by atoms with Gasteiger partial charge in [-0.15, -0.1) is 0 Å². The predicted molar refractivity (Wildman–Crippen MR) is 70.3 cm³/mol. The molecule has 1 rings (SSSR count). The highest BCUT2D eigenvalue weighted by atomic mass is 35.5. The molecule has 0 heterocycles. The van der Waals surface area contributed by atoms with Gasteiger partial charge in [-0.3, -0.25) is 0 Å². The van der Waals surface area contributed by atoms with Gasteiger partial charge in [-0.1, -0.05) is 11.6 Å². The summed E-state index contributed by atoms with van der Waals surface area (Å²) in [5.41, 5.74) is -0.128. The van der Waals surface area contributed by atoms with E-state index in [1.807, 2.05) is 0 Å². The minimum Gasteiger partial charge on any atom is -0.493 e. The van der Waals surface area contributed by atoms with Crippen molar-refractivity contribution in [2.24, 2.45) is 0 Å². The van der Waals surface area contributed by atoms with Crippen LogP contribution in [0.25, 0.3) is 0 Å². The topological polar surface area (TPSA) is 58.9 Å². The molecule has 0 aliphatic rings. The van der Waals surface area contributed by atoms with Crippen molar-refractivity contribution in [1.29, 1.82) is 0 Å². The van der Waals surface area contributed by atoms with Gasteiger partial charge in [0.05, 0.1) is 30.9 Å². The molecule has 102 valence electrons. The second-order valence-corrected chi connectivity index (χ2v) is 5.09. The minimum absolute atomic E-state index is 0.111. The van der Waals surface area contributed by atoms with E-state index in [4.69, 9.17) is 26.2 Å². The highest BCUT2D eigenvalue weighted by Gasteiger charge is 2.15. The molecule has 0 amide bonds. The Morgan fingerprint density at radius 2 is 2.00 bits per heavy atom. The molecule has 0 radical (unpaired) electrons. The molecular weight excluding hydrogens is 256 g/mol. The maximum atomic E-state index is 9.60. The van der Waals surface area contributed by atoms with Gasteiger partial charge < -0.3 is 19.7 Å². The van der Waals surface area contributed by atoms with Gasteiger partial charge in [-0.25, -0.2) is 0 Å². The summed E-state index contributed by atoms with van der Waals surface area (Å²) >= 11 is 6.06. The first kappa shape index (κ1) is 15.1. The van der Waals surface area contributed by atoms with Crippen molar-refractivity contribution in [2.45, 2.75) is 32.5 Å². The van der Waals surface area contributed by atoms with Crippen LogP contribution in [0.2, 0.25) is 5.02 Å². The summed E-state index contributed by atoms with van der Waals surface area (Å²) in [4.78, 5) is 0. The van der Waals surface area contributed by atoms with Crippen molar-refractivity contribution < 1.29 is 19.7 Å². The van der Waals surface area contributed by atoms with E-state index in [2.05, 4.69) is 0 Å². The first-order valence-electron chi connectivity index (χ1n) is 5.70. The second kappa shape index (κ2) is 6.27. The lowest BCUT2D eigenvalue weighted by Crippen LogP contribution is -2.22. The van der Waals surface area contributed by atoms with Gasteiger partial charge >= 0.3 is 0 Å². The molecule has 18 heavy (non-hydrogen) atoms. The van der Waals surface area contributed by atoms with Gasteiger partial charge in [0.2, 0.25) is 0 Å². The van der Waals surface area contributed by atoms with Crippen LogP contribution in [0.5, 0.6) is 11.5 Å². The number of benzene rings is 1. The lowest BCUT2D eigenvalue weighted by molar-refractivity contribution is 0.0549. The van der Waals surface area contributed by atoms with Crippen LogP contribution in [0.15, 0.2) is 12.1 Å². The number of hydrogen-bond donors (Lipinski definition) is 2. The van der Waals surface area contributed by atoms with Crippen LogP contribution >= 0.6 is 11.6 Å². The minimum atomic E-state index is -0.787. The van der Waals surface area contributed by atoms with Crippen LogP contribution in [0, 0.1) is 0 Å². The Morgan fingerprint density at radius 1 is 1.33 bits per heavy atom. The summed E-state index contributed by atoms with van der Waals surface area (Å²) in [5, 5.41) is 19.0. The molecule has 1 aromatic carbocycles. The van der Waals surface area contributed by atoms with E-state index >= 15 is 0 Å². The van der Waals surface area contributed by atoms with Gasteiger partial charge in [0.15, 0.2) is 11.5 Å². The van der Waals surface area contributed by atoms with Crippen molar-refractivity contribution in [3.8, 4) is 11.5 Å². The third-order valence-electron chi connectivity index (χ3n) is 2.43. The van der Waals surface area contributed by atoms with Crippen molar-refractivity contribution in [3.05, 3.63) is 22.7 Å². The number of aliphatic hydroxyl groups is 2. The van der Waals surface area contributed by atoms with Crippen LogP contribution in [0.4, 0.5) is 0 Å². The lowest BCUT2D eigenvalue weighted by atomic mass is 10.1. The molecule has 1 aromatic rings. The van der Waals surface area contributed by atoms with Gasteiger partial charge in [0, 0.05) is 6.42 Å². The van der Waals surface area contributed by atoms with E-state index in [1.54, 1.807) is 26.0 Å². The van der Waals surface area contributed by atoms with E-state index in [9.17, 15) is 5.11 Å². The molecule has 2 N–H and O–H groups in total. The smallest absolute Gasteiger partial charge is 0.179 e. The Kier molecular flexibility index (Phi) is 5.26. The van der Waals surface area contributed by atoms with Crippen molar-refractivity contribution in [3.63, 3.8) is 0 Å². The second-order valence-electron chi connectivity index (χ2n) is 4.68. The Balaban J connectivity index is 2.81. The third kappa shape index (κ3) is 4.37. The maximum Gasteiger partial charge on any atom is 0.179 e. The highest BCUT2D eigenvalue weighted by molar-refractivity contribution is 6.32. The summed E-state index contributed by atoms with van der Waals surface area (Å²) in [6.07, 6.45) is 0.480. The van der Waals surface area contributed by atoms with Gasteiger partial charge in [-0.05, 0) is 31.5 Å². The molecule has 0 spiro atoms. The van der Waals surface area contributed by atoms with E-state index in [0.29, 0.717) is 35.1 Å². The molecule has 0 aromatic heterocycles. The summed E-state index contributed by atoms with van der Waals surface area (Å²) in [6.45, 7) is 3.65. The van der Waals surface area contributed by atoms with E-state index in [1.165, 1.54) is 7.11 Å². The molecule has 0 atom stereocenters. The highest BCUT2D eigenvalue weighted by Crippen LogP contribution is 2.36. The van der Waals surface area contributed by atoms with E-state index in [0.717, 1.165) is 0 Å². The Hall–Kier alpha value is -0.970. The first-order chi connectivity index (χ1) is 8.37. The first-order valence-corrected chi connectivity index (χ1v) is 6.07. The molecule has 0 saturated carbocycles. The number of methoxy groups -OCH3 is 1. The number of ether oxygens (including phenoxy) is 2. The fraction of sp³-hybridized carbons (Fsp3) is 0.538. The number of hydrogen-bond acceptors (Lipinski definition) is 4. The SMILES string of the molecule is COc1cc(CO)cc(Cl)c1OCCC(C)(C)O. The summed E-state index contributed by atoms with van der Waals surface area (Å²) in [5.74, 6) is 0.905. The molecule has 0 fully saturated rings. The van der Waals surface area contributed by atoms with E-state index < -0.39 is 5.60 Å². The quantitative estimate of drug-likeness (QED) is 0.836. The Labute approximate surface area is 112 Å². The van der Waals surface area contributed by atoms with Crippen LogP contribution in [-0.2, 0) is 6.61 Å². The van der Waals surface area contributed by atoms with Gasteiger partial charge in [0.1, 0.15) is 0 Å². The van der Waals surface area contributed by atoms with Crippen molar-refractivity contribution >= 4 is 11.6 Å². The summed E-state index contributed by atoms with van der Waals surface area (Å²) < 4.78 is 10.7. The Bertz CT molecular complexity index is 399. The largest absolute Gasteiger partial charge is 0.493 e. The van der Waals surface area contributed by atoms with Crippen molar-refractivity contribution in [2.75, 3.05) is 13.7 Å². The normalized spacial score (nSPS) is 11.4. The zero-order chi connectivity index (χ0) is 13.8. The molecular formula is C13H19ClO4. The fourth-order valence-electron chi connectivity index (χ4n) is 1.41. The molecule has 0 aliphatic heterocycles. The van der Waals surface area contributed by atoms with Crippen LogP contribution in [0.1, 0.15) is 25.8 Å². The van der Waals surface area contributed by atoms with Crippen LogP contribution < -0.4 is 9.47 Å². The predicted octanol–water partition coefficient (Wildman–Crippen LogP) is 2.38. The fourth-order valence-corrected chi connectivity index (χ4v) is 1.70. The van der Waals surface area contributed by atoms with Gasteiger partial charge in [0.25, 0.3) is 0 Å². The molecule has 5 heteroatoms. The lowest BCUT2D eigenvalue weighted by Gasteiger charge is -2.18. The monoisotopic (exact) mass is 274 g/mol. The Morgan fingerprint density at radius 3 is 2.50 bits per heavy atom. The summed E-state index contributed by atoms with van der Waals surface area (Å²) in [7, 11) is 1.51. The molecule has 0 aliphatic carbocycles. The molecule has 0 unspecified atom stereocenters. The average Bonchev–Trinajstić information content (AvgIpc) is 2.29. The zero-order valence-electron chi connectivity index (χ0n) is 10.9. The average molecular weight is 275 g/mol. The summed E-state index contributed by atoms with van der Waals surface area (Å²) in [6, 6.07) is 3.30. The number of aliphatic hydroxyl groups excluding tert-OH is 1. The third-order valence-corrected chi connectivity index (χ3v) is 2.71. The van der Waals surface area contributed by atoms with Gasteiger partial charge in [-0.2, -0.15) is 0 Å². The van der Waals surface area contributed by atoms with E-state index in [-0.39, 0.29) is 6.61 Å². The number of halogens is 1. The van der Waals surface area contributed by atoms with Crippen LogP contribution in [0.3, 0.4) is 0 Å². The molecule has 0 saturated heterocycles. The maximum absolute atomic E-state index is 9.60. The molecule has 0 bridgehead atoms. The van der Waals surface area contributed by atoms with Crippen molar-refractivity contribution in [1.82, 2.24) is 0 Å². The zero-order valence-corrected chi connectivity index (χ0v) is 11.6. The number of rotatable bonds is 6.